The first-order chi connectivity index (χ1) is 8.24. The van der Waals surface area contributed by atoms with Gasteiger partial charge in [0, 0.05) is 12.0 Å². The van der Waals surface area contributed by atoms with Crippen molar-refractivity contribution in [1.29, 1.82) is 0 Å². The van der Waals surface area contributed by atoms with Gasteiger partial charge in [-0.3, -0.25) is 11.3 Å². The van der Waals surface area contributed by atoms with Crippen molar-refractivity contribution < 1.29 is 4.74 Å². The van der Waals surface area contributed by atoms with Crippen molar-refractivity contribution in [2.75, 3.05) is 6.61 Å². The van der Waals surface area contributed by atoms with Crippen LogP contribution in [0, 0.1) is 17.8 Å². The molecule has 1 aliphatic heterocycles. The summed E-state index contributed by atoms with van der Waals surface area (Å²) >= 11 is 0. The molecular formula is C14H28N2O. The van der Waals surface area contributed by atoms with E-state index in [1.54, 1.807) is 0 Å². The third-order valence-electron chi connectivity index (χ3n) is 4.84. The number of nitrogens with two attached hydrogens (primary N) is 1. The highest BCUT2D eigenvalue weighted by atomic mass is 16.5. The Labute approximate surface area is 105 Å². The molecule has 2 rings (SSSR count). The van der Waals surface area contributed by atoms with Gasteiger partial charge in [-0.05, 0) is 38.0 Å². The molecule has 3 N–H and O–H groups in total. The molecule has 1 saturated carbocycles. The van der Waals surface area contributed by atoms with Crippen LogP contribution < -0.4 is 11.3 Å². The molecule has 1 aliphatic carbocycles. The molecule has 1 saturated heterocycles. The summed E-state index contributed by atoms with van der Waals surface area (Å²) in [5, 5.41) is 0. The SMILES string of the molecule is CCC1CCCC(C(NN)C2COC(C)C2)C1. The molecule has 0 aromatic rings. The number of nitrogens with one attached hydrogen (secondary N) is 1. The van der Waals surface area contributed by atoms with Gasteiger partial charge in [-0.25, -0.2) is 0 Å². The lowest BCUT2D eigenvalue weighted by Crippen LogP contribution is -2.47. The molecule has 0 amide bonds. The molecular weight excluding hydrogens is 212 g/mol. The van der Waals surface area contributed by atoms with Gasteiger partial charge in [0.15, 0.2) is 0 Å². The monoisotopic (exact) mass is 240 g/mol. The molecule has 5 unspecified atom stereocenters. The van der Waals surface area contributed by atoms with E-state index < -0.39 is 0 Å². The second-order valence-corrected chi connectivity index (χ2v) is 6.03. The van der Waals surface area contributed by atoms with Crippen LogP contribution in [0.1, 0.15) is 52.4 Å². The summed E-state index contributed by atoms with van der Waals surface area (Å²) in [6, 6.07) is 0.467. The van der Waals surface area contributed by atoms with Crippen molar-refractivity contribution in [3.05, 3.63) is 0 Å². The molecule has 0 spiro atoms. The van der Waals surface area contributed by atoms with Gasteiger partial charge in [-0.2, -0.15) is 0 Å². The number of ether oxygens (including phenoxy) is 1. The van der Waals surface area contributed by atoms with Crippen LogP contribution in [0.5, 0.6) is 0 Å². The summed E-state index contributed by atoms with van der Waals surface area (Å²) in [4.78, 5) is 0. The zero-order valence-corrected chi connectivity index (χ0v) is 11.3. The summed E-state index contributed by atoms with van der Waals surface area (Å²) in [5.74, 6) is 8.11. The minimum Gasteiger partial charge on any atom is -0.378 e. The third-order valence-corrected chi connectivity index (χ3v) is 4.84. The normalized spacial score (nSPS) is 40.4. The fraction of sp³-hybridized carbons (Fsp3) is 1.00. The van der Waals surface area contributed by atoms with Crippen molar-refractivity contribution in [3.8, 4) is 0 Å². The van der Waals surface area contributed by atoms with Crippen molar-refractivity contribution in [1.82, 2.24) is 5.43 Å². The molecule has 2 aliphatic rings. The average molecular weight is 240 g/mol. The van der Waals surface area contributed by atoms with Crippen molar-refractivity contribution in [2.45, 2.75) is 64.5 Å². The van der Waals surface area contributed by atoms with E-state index >= 15 is 0 Å². The van der Waals surface area contributed by atoms with E-state index in [1.165, 1.54) is 38.5 Å². The van der Waals surface area contributed by atoms with Gasteiger partial charge >= 0.3 is 0 Å². The van der Waals surface area contributed by atoms with Crippen LogP contribution in [-0.2, 0) is 4.74 Å². The lowest BCUT2D eigenvalue weighted by molar-refractivity contribution is 0.107. The van der Waals surface area contributed by atoms with Crippen LogP contribution in [0.25, 0.3) is 0 Å². The minimum atomic E-state index is 0.418. The fourth-order valence-electron chi connectivity index (χ4n) is 3.79. The predicted molar refractivity (Wildman–Crippen MR) is 70.4 cm³/mol. The average Bonchev–Trinajstić information content (AvgIpc) is 2.77. The van der Waals surface area contributed by atoms with Gasteiger partial charge in [0.2, 0.25) is 0 Å². The minimum absolute atomic E-state index is 0.418. The number of hydrogen-bond acceptors (Lipinski definition) is 3. The van der Waals surface area contributed by atoms with Crippen molar-refractivity contribution >= 4 is 0 Å². The highest BCUT2D eigenvalue weighted by Gasteiger charge is 2.36. The summed E-state index contributed by atoms with van der Waals surface area (Å²) in [6.45, 7) is 5.38. The Morgan fingerprint density at radius 3 is 2.71 bits per heavy atom. The Bertz CT molecular complexity index is 234. The number of rotatable bonds is 4. The Morgan fingerprint density at radius 2 is 2.12 bits per heavy atom. The Balaban J connectivity index is 1.92. The zero-order valence-electron chi connectivity index (χ0n) is 11.3. The molecule has 3 nitrogen and oxygen atoms in total. The first-order valence-corrected chi connectivity index (χ1v) is 7.32. The van der Waals surface area contributed by atoms with E-state index in [0.29, 0.717) is 18.1 Å². The molecule has 0 aromatic heterocycles. The van der Waals surface area contributed by atoms with Crippen LogP contribution in [-0.4, -0.2) is 18.8 Å². The Morgan fingerprint density at radius 1 is 1.29 bits per heavy atom. The highest BCUT2D eigenvalue weighted by Crippen LogP contribution is 2.37. The van der Waals surface area contributed by atoms with Crippen molar-refractivity contribution in [2.24, 2.45) is 23.6 Å². The van der Waals surface area contributed by atoms with Crippen LogP contribution in [0.3, 0.4) is 0 Å². The lowest BCUT2D eigenvalue weighted by Gasteiger charge is -2.36. The topological polar surface area (TPSA) is 47.3 Å². The molecule has 0 radical (unpaired) electrons. The second kappa shape index (κ2) is 6.17. The molecule has 2 fully saturated rings. The van der Waals surface area contributed by atoms with E-state index in [1.807, 2.05) is 0 Å². The van der Waals surface area contributed by atoms with Gasteiger partial charge in [-0.1, -0.05) is 26.2 Å². The molecule has 100 valence electrons. The Kier molecular flexibility index (Phi) is 4.83. The van der Waals surface area contributed by atoms with Crippen molar-refractivity contribution in [3.63, 3.8) is 0 Å². The lowest BCUT2D eigenvalue weighted by atomic mass is 9.73. The summed E-state index contributed by atoms with van der Waals surface area (Å²) in [5.41, 5.74) is 3.10. The molecule has 3 heteroatoms. The summed E-state index contributed by atoms with van der Waals surface area (Å²) < 4.78 is 5.70. The maximum atomic E-state index is 5.81. The Hall–Kier alpha value is -0.120. The second-order valence-electron chi connectivity index (χ2n) is 6.03. The van der Waals surface area contributed by atoms with E-state index in [2.05, 4.69) is 19.3 Å². The molecule has 0 bridgehead atoms. The van der Waals surface area contributed by atoms with Gasteiger partial charge < -0.3 is 4.74 Å². The standard InChI is InChI=1S/C14H28N2O/c1-3-11-5-4-6-12(8-11)14(16-15)13-7-10(2)17-9-13/h10-14,16H,3-9,15H2,1-2H3. The van der Waals surface area contributed by atoms with E-state index in [9.17, 15) is 0 Å². The number of hydrogen-bond donors (Lipinski definition) is 2. The van der Waals surface area contributed by atoms with Crippen LogP contribution in [0.15, 0.2) is 0 Å². The van der Waals surface area contributed by atoms with Gasteiger partial charge in [0.25, 0.3) is 0 Å². The van der Waals surface area contributed by atoms with Gasteiger partial charge in [-0.15, -0.1) is 0 Å². The smallest absolute Gasteiger partial charge is 0.0551 e. The van der Waals surface area contributed by atoms with Crippen LogP contribution >= 0.6 is 0 Å². The zero-order chi connectivity index (χ0) is 12.3. The van der Waals surface area contributed by atoms with E-state index in [4.69, 9.17) is 10.6 Å². The number of hydrazine groups is 1. The fourth-order valence-corrected chi connectivity index (χ4v) is 3.79. The molecule has 5 atom stereocenters. The maximum absolute atomic E-state index is 5.81. The largest absolute Gasteiger partial charge is 0.378 e. The van der Waals surface area contributed by atoms with Crippen LogP contribution in [0.2, 0.25) is 0 Å². The molecule has 17 heavy (non-hydrogen) atoms. The molecule has 1 heterocycles. The van der Waals surface area contributed by atoms with Crippen LogP contribution in [0.4, 0.5) is 0 Å². The van der Waals surface area contributed by atoms with Gasteiger partial charge in [0.05, 0.1) is 12.7 Å². The van der Waals surface area contributed by atoms with E-state index in [-0.39, 0.29) is 0 Å². The summed E-state index contributed by atoms with van der Waals surface area (Å²) in [7, 11) is 0. The molecule has 0 aromatic carbocycles. The summed E-state index contributed by atoms with van der Waals surface area (Å²) in [6.07, 6.45) is 8.41. The van der Waals surface area contributed by atoms with E-state index in [0.717, 1.165) is 18.4 Å². The highest BCUT2D eigenvalue weighted by molar-refractivity contribution is 4.88. The maximum Gasteiger partial charge on any atom is 0.0551 e. The quantitative estimate of drug-likeness (QED) is 0.586. The first-order valence-electron chi connectivity index (χ1n) is 7.32. The first kappa shape index (κ1) is 13.3. The third kappa shape index (κ3) is 3.21. The predicted octanol–water partition coefficient (Wildman–Crippen LogP) is 2.46. The van der Waals surface area contributed by atoms with Gasteiger partial charge in [0.1, 0.15) is 0 Å².